The highest BCUT2D eigenvalue weighted by atomic mass is 16.3. The molecular weight excluding hydrogens is 212 g/mol. The molecule has 3 heteroatoms. The van der Waals surface area contributed by atoms with Crippen LogP contribution in [0.3, 0.4) is 0 Å². The minimum atomic E-state index is 0.0276. The SMILES string of the molecule is OCC(Cc1ccccc1)Nc1ccncc1. The Balaban J connectivity index is 1.98. The van der Waals surface area contributed by atoms with Gasteiger partial charge in [-0.15, -0.1) is 0 Å². The molecule has 88 valence electrons. The summed E-state index contributed by atoms with van der Waals surface area (Å²) in [7, 11) is 0. The first-order valence-electron chi connectivity index (χ1n) is 5.70. The van der Waals surface area contributed by atoms with Crippen molar-refractivity contribution in [1.82, 2.24) is 4.98 Å². The van der Waals surface area contributed by atoms with Crippen LogP contribution in [-0.2, 0) is 6.42 Å². The molecule has 1 aromatic heterocycles. The molecule has 0 bridgehead atoms. The van der Waals surface area contributed by atoms with E-state index in [-0.39, 0.29) is 12.6 Å². The van der Waals surface area contributed by atoms with Gasteiger partial charge in [-0.3, -0.25) is 4.98 Å². The zero-order valence-corrected chi connectivity index (χ0v) is 9.58. The number of aromatic nitrogens is 1. The summed E-state index contributed by atoms with van der Waals surface area (Å²) in [6, 6.07) is 14.0. The zero-order valence-electron chi connectivity index (χ0n) is 9.58. The quantitative estimate of drug-likeness (QED) is 0.823. The van der Waals surface area contributed by atoms with Crippen molar-refractivity contribution in [3.05, 3.63) is 60.4 Å². The third kappa shape index (κ3) is 3.57. The maximum atomic E-state index is 9.37. The molecule has 0 fully saturated rings. The number of aliphatic hydroxyl groups excluding tert-OH is 1. The Kier molecular flexibility index (Phi) is 4.11. The summed E-state index contributed by atoms with van der Waals surface area (Å²) in [5.41, 5.74) is 2.20. The van der Waals surface area contributed by atoms with E-state index in [1.54, 1.807) is 12.4 Å². The Labute approximate surface area is 101 Å². The third-order valence-electron chi connectivity index (χ3n) is 2.60. The van der Waals surface area contributed by atoms with Crippen molar-refractivity contribution in [2.24, 2.45) is 0 Å². The highest BCUT2D eigenvalue weighted by Gasteiger charge is 2.07. The third-order valence-corrected chi connectivity index (χ3v) is 2.60. The number of aliphatic hydroxyl groups is 1. The normalized spacial score (nSPS) is 12.1. The van der Waals surface area contributed by atoms with Crippen LogP contribution in [0, 0.1) is 0 Å². The van der Waals surface area contributed by atoms with Crippen molar-refractivity contribution in [2.75, 3.05) is 11.9 Å². The van der Waals surface area contributed by atoms with Crippen molar-refractivity contribution in [2.45, 2.75) is 12.5 Å². The summed E-state index contributed by atoms with van der Waals surface area (Å²) >= 11 is 0. The molecule has 0 spiro atoms. The Morgan fingerprint density at radius 2 is 1.76 bits per heavy atom. The second-order valence-electron chi connectivity index (χ2n) is 3.95. The van der Waals surface area contributed by atoms with Crippen molar-refractivity contribution < 1.29 is 5.11 Å². The Hall–Kier alpha value is -1.87. The molecule has 0 radical (unpaired) electrons. The zero-order chi connectivity index (χ0) is 11.9. The first-order chi connectivity index (χ1) is 8.38. The van der Waals surface area contributed by atoms with Crippen LogP contribution >= 0.6 is 0 Å². The van der Waals surface area contributed by atoms with Crippen molar-refractivity contribution in [3.8, 4) is 0 Å². The largest absolute Gasteiger partial charge is 0.394 e. The van der Waals surface area contributed by atoms with Crippen molar-refractivity contribution in [1.29, 1.82) is 0 Å². The molecule has 2 N–H and O–H groups in total. The van der Waals surface area contributed by atoms with Crippen LogP contribution in [0.5, 0.6) is 0 Å². The lowest BCUT2D eigenvalue weighted by atomic mass is 10.1. The molecule has 2 rings (SSSR count). The van der Waals surface area contributed by atoms with Gasteiger partial charge < -0.3 is 10.4 Å². The van der Waals surface area contributed by atoms with Crippen molar-refractivity contribution >= 4 is 5.69 Å². The van der Waals surface area contributed by atoms with Gasteiger partial charge in [0.05, 0.1) is 12.6 Å². The number of nitrogens with one attached hydrogen (secondary N) is 1. The lowest BCUT2D eigenvalue weighted by Gasteiger charge is -2.17. The van der Waals surface area contributed by atoms with Gasteiger partial charge >= 0.3 is 0 Å². The van der Waals surface area contributed by atoms with Gasteiger partial charge in [0.2, 0.25) is 0 Å². The minimum absolute atomic E-state index is 0.0276. The molecule has 0 saturated carbocycles. The predicted molar refractivity (Wildman–Crippen MR) is 68.9 cm³/mol. The summed E-state index contributed by atoms with van der Waals surface area (Å²) < 4.78 is 0. The van der Waals surface area contributed by atoms with Crippen LogP contribution in [0.1, 0.15) is 5.56 Å². The molecular formula is C14H16N2O. The van der Waals surface area contributed by atoms with E-state index < -0.39 is 0 Å². The van der Waals surface area contributed by atoms with Crippen molar-refractivity contribution in [3.63, 3.8) is 0 Å². The number of pyridine rings is 1. The van der Waals surface area contributed by atoms with Gasteiger partial charge in [0.25, 0.3) is 0 Å². The highest BCUT2D eigenvalue weighted by Crippen LogP contribution is 2.09. The highest BCUT2D eigenvalue weighted by molar-refractivity contribution is 5.42. The van der Waals surface area contributed by atoms with Crippen LogP contribution in [0.15, 0.2) is 54.9 Å². The van der Waals surface area contributed by atoms with Gasteiger partial charge in [-0.2, -0.15) is 0 Å². The Morgan fingerprint density at radius 1 is 1.06 bits per heavy atom. The molecule has 1 atom stereocenters. The number of rotatable bonds is 5. The second kappa shape index (κ2) is 6.01. The van der Waals surface area contributed by atoms with Gasteiger partial charge in [-0.05, 0) is 24.1 Å². The van der Waals surface area contributed by atoms with E-state index in [4.69, 9.17) is 0 Å². The van der Waals surface area contributed by atoms with E-state index in [0.717, 1.165) is 12.1 Å². The van der Waals surface area contributed by atoms with E-state index in [1.165, 1.54) is 5.56 Å². The molecule has 2 aromatic rings. The molecule has 1 aromatic carbocycles. The first-order valence-corrected chi connectivity index (χ1v) is 5.70. The van der Waals surface area contributed by atoms with E-state index >= 15 is 0 Å². The average Bonchev–Trinajstić information content (AvgIpc) is 2.40. The van der Waals surface area contributed by atoms with Crippen LogP contribution in [-0.4, -0.2) is 22.7 Å². The average molecular weight is 228 g/mol. The summed E-state index contributed by atoms with van der Waals surface area (Å²) in [5, 5.41) is 12.7. The lowest BCUT2D eigenvalue weighted by Crippen LogP contribution is -2.26. The summed E-state index contributed by atoms with van der Waals surface area (Å²) in [5.74, 6) is 0. The summed E-state index contributed by atoms with van der Waals surface area (Å²) in [4.78, 5) is 3.96. The molecule has 17 heavy (non-hydrogen) atoms. The van der Waals surface area contributed by atoms with E-state index in [1.807, 2.05) is 30.3 Å². The molecule has 0 amide bonds. The molecule has 3 nitrogen and oxygen atoms in total. The fourth-order valence-electron chi connectivity index (χ4n) is 1.74. The van der Waals surface area contributed by atoms with E-state index in [2.05, 4.69) is 22.4 Å². The number of benzene rings is 1. The monoisotopic (exact) mass is 228 g/mol. The van der Waals surface area contributed by atoms with Gasteiger partial charge in [0, 0.05) is 18.1 Å². The van der Waals surface area contributed by atoms with E-state index in [9.17, 15) is 5.11 Å². The van der Waals surface area contributed by atoms with Gasteiger partial charge in [-0.25, -0.2) is 0 Å². The maximum absolute atomic E-state index is 9.37. The smallest absolute Gasteiger partial charge is 0.0636 e. The predicted octanol–water partition coefficient (Wildman–Crippen LogP) is 2.10. The molecule has 0 aliphatic heterocycles. The Morgan fingerprint density at radius 3 is 2.41 bits per heavy atom. The second-order valence-corrected chi connectivity index (χ2v) is 3.95. The van der Waals surface area contributed by atoms with Gasteiger partial charge in [-0.1, -0.05) is 30.3 Å². The fraction of sp³-hybridized carbons (Fsp3) is 0.214. The molecule has 1 unspecified atom stereocenters. The molecule has 0 saturated heterocycles. The van der Waals surface area contributed by atoms with Crippen LogP contribution in [0.25, 0.3) is 0 Å². The molecule has 0 aliphatic carbocycles. The minimum Gasteiger partial charge on any atom is -0.394 e. The topological polar surface area (TPSA) is 45.1 Å². The number of anilines is 1. The number of nitrogens with zero attached hydrogens (tertiary/aromatic N) is 1. The molecule has 1 heterocycles. The number of hydrogen-bond acceptors (Lipinski definition) is 3. The van der Waals surface area contributed by atoms with Gasteiger partial charge in [0.15, 0.2) is 0 Å². The summed E-state index contributed by atoms with van der Waals surface area (Å²) in [6.45, 7) is 0.108. The molecule has 0 aliphatic rings. The maximum Gasteiger partial charge on any atom is 0.0636 e. The Bertz CT molecular complexity index is 389. The summed E-state index contributed by atoms with van der Waals surface area (Å²) in [6.07, 6.45) is 4.28. The standard InChI is InChI=1S/C14H16N2O/c17-11-14(10-12-4-2-1-3-5-12)16-13-6-8-15-9-7-13/h1-9,14,17H,10-11H2,(H,15,16). The van der Waals surface area contributed by atoms with Crippen LogP contribution in [0.2, 0.25) is 0 Å². The fourth-order valence-corrected chi connectivity index (χ4v) is 1.74. The van der Waals surface area contributed by atoms with E-state index in [0.29, 0.717) is 0 Å². The lowest BCUT2D eigenvalue weighted by molar-refractivity contribution is 0.273. The van der Waals surface area contributed by atoms with Crippen LogP contribution in [0.4, 0.5) is 5.69 Å². The number of hydrogen-bond donors (Lipinski definition) is 2. The van der Waals surface area contributed by atoms with Crippen LogP contribution < -0.4 is 5.32 Å². The van der Waals surface area contributed by atoms with Gasteiger partial charge in [0.1, 0.15) is 0 Å². The first kappa shape index (κ1) is 11.6.